The molecule has 2 N–H and O–H groups in total. The number of nitrogens with one attached hydrogen (secondary N) is 2. The number of amides is 2. The Kier molecular flexibility index (Phi) is 5.95. The standard InChI is InChI=1S/C17H20Cl2N2O2S/c18-13-3-4-14(19)15(8-13)24-9-17(23)21-20-16(22)7-12-6-10-1-2-11(12)5-10/h3-4,8,10-12H,1-2,5-7,9H2,(H,20,22)(H,21,23)/t10-,11-,12+/m1/s1. The SMILES string of the molecule is O=C(CSc1cc(Cl)ccc1Cl)NNC(=O)C[C@@H]1C[C@@H]2CC[C@@H]1C2. The van der Waals surface area contributed by atoms with E-state index in [4.69, 9.17) is 23.2 Å². The van der Waals surface area contributed by atoms with E-state index in [9.17, 15) is 9.59 Å². The van der Waals surface area contributed by atoms with Crippen molar-refractivity contribution < 1.29 is 9.59 Å². The molecule has 2 saturated carbocycles. The van der Waals surface area contributed by atoms with E-state index >= 15 is 0 Å². The van der Waals surface area contributed by atoms with Crippen LogP contribution in [0.2, 0.25) is 10.0 Å². The number of halogens is 2. The lowest BCUT2D eigenvalue weighted by atomic mass is 9.86. The summed E-state index contributed by atoms with van der Waals surface area (Å²) < 4.78 is 0. The fourth-order valence-electron chi connectivity index (χ4n) is 3.82. The zero-order chi connectivity index (χ0) is 17.1. The Balaban J connectivity index is 1.37. The Morgan fingerprint density at radius 2 is 1.92 bits per heavy atom. The second kappa shape index (κ2) is 7.98. The van der Waals surface area contributed by atoms with Crippen LogP contribution in [0.3, 0.4) is 0 Å². The lowest BCUT2D eigenvalue weighted by Crippen LogP contribution is -2.43. The summed E-state index contributed by atoms with van der Waals surface area (Å²) in [6.45, 7) is 0. The van der Waals surface area contributed by atoms with Crippen molar-refractivity contribution in [3.8, 4) is 0 Å². The number of thioether (sulfide) groups is 1. The van der Waals surface area contributed by atoms with Crippen molar-refractivity contribution in [2.45, 2.75) is 37.0 Å². The summed E-state index contributed by atoms with van der Waals surface area (Å²) >= 11 is 13.2. The van der Waals surface area contributed by atoms with E-state index in [-0.39, 0.29) is 17.6 Å². The first-order chi connectivity index (χ1) is 11.5. The Labute approximate surface area is 156 Å². The molecule has 0 aromatic heterocycles. The molecular weight excluding hydrogens is 367 g/mol. The molecule has 3 atom stereocenters. The highest BCUT2D eigenvalue weighted by Gasteiger charge is 2.40. The molecule has 0 unspecified atom stereocenters. The highest BCUT2D eigenvalue weighted by Crippen LogP contribution is 2.49. The molecule has 2 amide bonds. The molecule has 1 aromatic carbocycles. The van der Waals surface area contributed by atoms with E-state index in [2.05, 4.69) is 10.9 Å². The van der Waals surface area contributed by atoms with Crippen molar-refractivity contribution in [1.82, 2.24) is 10.9 Å². The summed E-state index contributed by atoms with van der Waals surface area (Å²) in [5.74, 6) is 1.80. The minimum Gasteiger partial charge on any atom is -0.273 e. The maximum Gasteiger partial charge on any atom is 0.248 e. The average Bonchev–Trinajstić information content (AvgIpc) is 3.16. The number of hydrazine groups is 1. The molecule has 7 heteroatoms. The fraction of sp³-hybridized carbons (Fsp3) is 0.529. The van der Waals surface area contributed by atoms with Gasteiger partial charge in [0.05, 0.1) is 10.8 Å². The summed E-state index contributed by atoms with van der Waals surface area (Å²) in [6, 6.07) is 5.11. The molecule has 130 valence electrons. The van der Waals surface area contributed by atoms with Gasteiger partial charge >= 0.3 is 0 Å². The molecule has 0 saturated heterocycles. The zero-order valence-electron chi connectivity index (χ0n) is 13.2. The summed E-state index contributed by atoms with van der Waals surface area (Å²) in [5.41, 5.74) is 4.99. The third-order valence-electron chi connectivity index (χ3n) is 4.93. The predicted molar refractivity (Wildman–Crippen MR) is 97.0 cm³/mol. The number of carbonyl (C=O) groups is 2. The minimum atomic E-state index is -0.266. The molecule has 24 heavy (non-hydrogen) atoms. The minimum absolute atomic E-state index is 0.105. The zero-order valence-corrected chi connectivity index (χ0v) is 15.5. The van der Waals surface area contributed by atoms with Crippen molar-refractivity contribution in [2.24, 2.45) is 17.8 Å². The van der Waals surface area contributed by atoms with Gasteiger partial charge in [0.25, 0.3) is 0 Å². The third kappa shape index (κ3) is 4.58. The van der Waals surface area contributed by atoms with Gasteiger partial charge in [0.15, 0.2) is 0 Å². The molecule has 2 aliphatic carbocycles. The summed E-state index contributed by atoms with van der Waals surface area (Å²) in [6.07, 6.45) is 5.53. The van der Waals surface area contributed by atoms with Gasteiger partial charge < -0.3 is 0 Å². The Hall–Kier alpha value is -0.910. The first-order valence-corrected chi connectivity index (χ1v) is 9.91. The summed E-state index contributed by atoms with van der Waals surface area (Å²) in [5, 5.41) is 1.12. The van der Waals surface area contributed by atoms with Gasteiger partial charge in [-0.2, -0.15) is 0 Å². The summed E-state index contributed by atoms with van der Waals surface area (Å²) in [4.78, 5) is 24.6. The van der Waals surface area contributed by atoms with Crippen LogP contribution in [0, 0.1) is 17.8 Å². The topological polar surface area (TPSA) is 58.2 Å². The van der Waals surface area contributed by atoms with Crippen LogP contribution in [0.5, 0.6) is 0 Å². The number of hydrogen-bond donors (Lipinski definition) is 2. The normalized spacial score (nSPS) is 24.8. The van der Waals surface area contributed by atoms with Gasteiger partial charge in [-0.1, -0.05) is 29.6 Å². The highest BCUT2D eigenvalue weighted by atomic mass is 35.5. The molecule has 2 fully saturated rings. The fourth-order valence-corrected chi connectivity index (χ4v) is 5.12. The quantitative estimate of drug-likeness (QED) is 0.592. The van der Waals surface area contributed by atoms with Gasteiger partial charge in [0.2, 0.25) is 11.8 Å². The molecular formula is C17H20Cl2N2O2S. The van der Waals surface area contributed by atoms with E-state index < -0.39 is 0 Å². The second-order valence-corrected chi connectivity index (χ2v) is 8.46. The van der Waals surface area contributed by atoms with Crippen molar-refractivity contribution in [2.75, 3.05) is 5.75 Å². The van der Waals surface area contributed by atoms with Gasteiger partial charge in [-0.25, -0.2) is 0 Å². The molecule has 1 aromatic rings. The number of hydrogen-bond acceptors (Lipinski definition) is 3. The Morgan fingerprint density at radius 1 is 1.12 bits per heavy atom. The molecule has 2 bridgehead atoms. The van der Waals surface area contributed by atoms with E-state index in [1.807, 2.05) is 0 Å². The van der Waals surface area contributed by atoms with Crippen LogP contribution >= 0.6 is 35.0 Å². The largest absolute Gasteiger partial charge is 0.273 e. The number of rotatable bonds is 5. The average molecular weight is 387 g/mol. The molecule has 0 spiro atoms. The van der Waals surface area contributed by atoms with Gasteiger partial charge in [-0.05, 0) is 55.2 Å². The van der Waals surface area contributed by atoms with Crippen LogP contribution in [0.4, 0.5) is 0 Å². The maximum atomic E-state index is 12.0. The lowest BCUT2D eigenvalue weighted by Gasteiger charge is -2.20. The van der Waals surface area contributed by atoms with Gasteiger partial charge in [-0.15, -0.1) is 11.8 Å². The van der Waals surface area contributed by atoms with Crippen LogP contribution in [-0.4, -0.2) is 17.6 Å². The van der Waals surface area contributed by atoms with Gasteiger partial charge in [-0.3, -0.25) is 20.4 Å². The van der Waals surface area contributed by atoms with Gasteiger partial charge in [0.1, 0.15) is 0 Å². The molecule has 0 heterocycles. The molecule has 2 aliphatic rings. The first-order valence-electron chi connectivity index (χ1n) is 8.17. The Bertz CT molecular complexity index is 641. The van der Waals surface area contributed by atoms with Gasteiger partial charge in [0, 0.05) is 16.3 Å². The highest BCUT2D eigenvalue weighted by molar-refractivity contribution is 8.00. The van der Waals surface area contributed by atoms with Crippen molar-refractivity contribution in [1.29, 1.82) is 0 Å². The third-order valence-corrected chi connectivity index (χ3v) is 6.66. The van der Waals surface area contributed by atoms with E-state index in [1.165, 1.54) is 31.0 Å². The van der Waals surface area contributed by atoms with Crippen LogP contribution in [0.1, 0.15) is 32.1 Å². The molecule has 4 nitrogen and oxygen atoms in total. The lowest BCUT2D eigenvalue weighted by molar-refractivity contribution is -0.128. The van der Waals surface area contributed by atoms with E-state index in [0.717, 1.165) is 17.2 Å². The smallest absolute Gasteiger partial charge is 0.248 e. The molecule has 3 rings (SSSR count). The van der Waals surface area contributed by atoms with Crippen molar-refractivity contribution in [3.63, 3.8) is 0 Å². The van der Waals surface area contributed by atoms with Crippen molar-refractivity contribution >= 4 is 46.8 Å². The number of carbonyl (C=O) groups excluding carboxylic acids is 2. The van der Waals surface area contributed by atoms with Crippen LogP contribution < -0.4 is 10.9 Å². The van der Waals surface area contributed by atoms with Crippen LogP contribution in [0.15, 0.2) is 23.1 Å². The number of benzene rings is 1. The monoisotopic (exact) mass is 386 g/mol. The van der Waals surface area contributed by atoms with E-state index in [0.29, 0.717) is 28.3 Å². The van der Waals surface area contributed by atoms with Crippen LogP contribution in [-0.2, 0) is 9.59 Å². The summed E-state index contributed by atoms with van der Waals surface area (Å²) in [7, 11) is 0. The maximum absolute atomic E-state index is 12.0. The second-order valence-electron chi connectivity index (χ2n) is 6.60. The molecule has 0 aliphatic heterocycles. The van der Waals surface area contributed by atoms with Crippen molar-refractivity contribution in [3.05, 3.63) is 28.2 Å². The predicted octanol–water partition coefficient (Wildman–Crippen LogP) is 4.06. The number of fused-ring (bicyclic) bond motifs is 2. The van der Waals surface area contributed by atoms with E-state index in [1.54, 1.807) is 18.2 Å². The first kappa shape index (κ1) is 17.9. The Morgan fingerprint density at radius 3 is 2.62 bits per heavy atom. The molecule has 0 radical (unpaired) electrons. The van der Waals surface area contributed by atoms with Crippen LogP contribution in [0.25, 0.3) is 0 Å².